The third kappa shape index (κ3) is 3.46. The molecule has 0 saturated carbocycles. The Labute approximate surface area is 158 Å². The Bertz CT molecular complexity index is 808. The molecule has 0 unspecified atom stereocenters. The van der Waals surface area contributed by atoms with Gasteiger partial charge in [-0.25, -0.2) is 0 Å². The first-order valence-corrected chi connectivity index (χ1v) is 9.34. The Hall–Kier alpha value is -2.34. The lowest BCUT2D eigenvalue weighted by Gasteiger charge is -2.24. The van der Waals surface area contributed by atoms with Gasteiger partial charge >= 0.3 is 0 Å². The predicted octanol–water partition coefficient (Wildman–Crippen LogP) is 4.24. The van der Waals surface area contributed by atoms with Crippen LogP contribution in [0.2, 0.25) is 0 Å². The normalized spacial score (nSPS) is 16.5. The number of hydrogen-bond donors (Lipinski definition) is 0. The van der Waals surface area contributed by atoms with Crippen LogP contribution in [-0.4, -0.2) is 39.0 Å². The lowest BCUT2D eigenvalue weighted by atomic mass is 10.1. The van der Waals surface area contributed by atoms with Gasteiger partial charge in [-0.1, -0.05) is 19.1 Å². The Morgan fingerprint density at radius 2 is 1.69 bits per heavy atom. The van der Waals surface area contributed by atoms with Crippen molar-refractivity contribution in [2.45, 2.75) is 23.5 Å². The number of thioether (sulfide) groups is 1. The zero-order valence-electron chi connectivity index (χ0n) is 15.4. The number of carbonyl (C=O) groups is 1. The van der Waals surface area contributed by atoms with Gasteiger partial charge in [0, 0.05) is 28.8 Å². The van der Waals surface area contributed by atoms with Gasteiger partial charge in [0.25, 0.3) is 5.91 Å². The highest BCUT2D eigenvalue weighted by Gasteiger charge is 2.28. The second kappa shape index (κ2) is 7.91. The fourth-order valence-corrected chi connectivity index (χ4v) is 4.15. The topological polar surface area (TPSA) is 48.0 Å². The molecule has 0 bridgehead atoms. The third-order valence-electron chi connectivity index (χ3n) is 4.42. The number of anilines is 1. The minimum absolute atomic E-state index is 0.107. The minimum atomic E-state index is -0.107. The number of carbonyl (C=O) groups excluding carboxylic acids is 1. The van der Waals surface area contributed by atoms with Gasteiger partial charge in [-0.05, 0) is 18.6 Å². The summed E-state index contributed by atoms with van der Waals surface area (Å²) in [7, 11) is 4.66. The third-order valence-corrected chi connectivity index (χ3v) is 5.66. The van der Waals surface area contributed by atoms with Crippen LogP contribution in [0.5, 0.6) is 17.2 Å². The van der Waals surface area contributed by atoms with Crippen LogP contribution in [0.4, 0.5) is 5.69 Å². The van der Waals surface area contributed by atoms with Crippen LogP contribution in [0.15, 0.2) is 41.3 Å². The fourth-order valence-electron chi connectivity index (χ4n) is 3.04. The number of benzene rings is 2. The summed E-state index contributed by atoms with van der Waals surface area (Å²) >= 11 is 1.80. The average Bonchev–Trinajstić information content (AvgIpc) is 2.84. The number of methoxy groups -OCH3 is 3. The second-order valence-electron chi connectivity index (χ2n) is 6.05. The molecule has 26 heavy (non-hydrogen) atoms. The number of fused-ring (bicyclic) bond motifs is 1. The number of rotatable bonds is 4. The summed E-state index contributed by atoms with van der Waals surface area (Å²) in [5, 5.41) is 0.446. The summed E-state index contributed by atoms with van der Waals surface area (Å²) in [6.45, 7) is 2.84. The molecule has 5 nitrogen and oxygen atoms in total. The molecule has 2 aromatic carbocycles. The molecule has 0 saturated heterocycles. The number of amides is 1. The number of hydrogen-bond acceptors (Lipinski definition) is 5. The molecular weight excluding hydrogens is 350 g/mol. The van der Waals surface area contributed by atoms with E-state index in [-0.39, 0.29) is 5.91 Å². The average molecular weight is 373 g/mol. The van der Waals surface area contributed by atoms with Crippen LogP contribution >= 0.6 is 11.8 Å². The van der Waals surface area contributed by atoms with Crippen molar-refractivity contribution in [1.29, 1.82) is 0 Å². The monoisotopic (exact) mass is 373 g/mol. The van der Waals surface area contributed by atoms with Gasteiger partial charge in [0.05, 0.1) is 32.6 Å². The SMILES string of the molecule is COc1cc(OC)c(C(=O)N2CC[C@H](C)Sc3ccccc32)cc1OC. The van der Waals surface area contributed by atoms with Crippen molar-refractivity contribution in [2.24, 2.45) is 0 Å². The largest absolute Gasteiger partial charge is 0.496 e. The molecule has 0 radical (unpaired) electrons. The molecule has 1 aliphatic rings. The maximum Gasteiger partial charge on any atom is 0.262 e. The molecule has 1 aliphatic heterocycles. The zero-order chi connectivity index (χ0) is 18.7. The molecule has 0 aliphatic carbocycles. The number of para-hydroxylation sites is 1. The Morgan fingerprint density at radius 1 is 1.04 bits per heavy atom. The molecular formula is C20H23NO4S. The molecule has 0 aromatic heterocycles. The molecule has 3 rings (SSSR count). The van der Waals surface area contributed by atoms with Crippen LogP contribution in [0.3, 0.4) is 0 Å². The highest BCUT2D eigenvalue weighted by atomic mass is 32.2. The van der Waals surface area contributed by atoms with E-state index in [0.717, 1.165) is 17.0 Å². The summed E-state index contributed by atoms with van der Waals surface area (Å²) in [4.78, 5) is 16.4. The first-order chi connectivity index (χ1) is 12.6. The summed E-state index contributed by atoms with van der Waals surface area (Å²) in [5.74, 6) is 1.39. The van der Waals surface area contributed by atoms with Crippen LogP contribution in [0.25, 0.3) is 0 Å². The van der Waals surface area contributed by atoms with Gasteiger partial charge < -0.3 is 19.1 Å². The van der Waals surface area contributed by atoms with E-state index in [4.69, 9.17) is 14.2 Å². The molecule has 0 N–H and O–H groups in total. The molecule has 6 heteroatoms. The van der Waals surface area contributed by atoms with Crippen molar-refractivity contribution in [2.75, 3.05) is 32.8 Å². The maximum absolute atomic E-state index is 13.4. The van der Waals surface area contributed by atoms with Crippen molar-refractivity contribution < 1.29 is 19.0 Å². The molecule has 0 spiro atoms. The van der Waals surface area contributed by atoms with Gasteiger partial charge in [-0.15, -0.1) is 11.8 Å². The van der Waals surface area contributed by atoms with Crippen molar-refractivity contribution in [1.82, 2.24) is 0 Å². The Kier molecular flexibility index (Phi) is 5.61. The highest BCUT2D eigenvalue weighted by molar-refractivity contribution is 8.00. The van der Waals surface area contributed by atoms with Crippen molar-refractivity contribution in [3.8, 4) is 17.2 Å². The van der Waals surface area contributed by atoms with E-state index in [1.807, 2.05) is 23.1 Å². The van der Waals surface area contributed by atoms with E-state index < -0.39 is 0 Å². The second-order valence-corrected chi connectivity index (χ2v) is 7.53. The summed E-state index contributed by atoms with van der Waals surface area (Å²) < 4.78 is 16.1. The Balaban J connectivity index is 2.06. The van der Waals surface area contributed by atoms with Crippen molar-refractivity contribution >= 4 is 23.4 Å². The van der Waals surface area contributed by atoms with E-state index in [0.29, 0.717) is 34.6 Å². The standard InChI is InChI=1S/C20H23NO4S/c1-13-9-10-21(15-7-5-6-8-19(15)26-13)20(22)14-11-17(24-3)18(25-4)12-16(14)23-2/h5-8,11-13H,9-10H2,1-4H3/t13-/m0/s1. The summed E-state index contributed by atoms with van der Waals surface area (Å²) in [6, 6.07) is 11.4. The quantitative estimate of drug-likeness (QED) is 0.802. The van der Waals surface area contributed by atoms with Crippen molar-refractivity contribution in [3.63, 3.8) is 0 Å². The number of nitrogens with zero attached hydrogens (tertiary/aromatic N) is 1. The van der Waals surface area contributed by atoms with Gasteiger partial charge in [0.2, 0.25) is 0 Å². The van der Waals surface area contributed by atoms with Crippen LogP contribution in [-0.2, 0) is 0 Å². The molecule has 2 aromatic rings. The van der Waals surface area contributed by atoms with E-state index in [1.165, 1.54) is 0 Å². The van der Waals surface area contributed by atoms with Gasteiger partial charge in [-0.2, -0.15) is 0 Å². The van der Waals surface area contributed by atoms with Gasteiger partial charge in [-0.3, -0.25) is 4.79 Å². The number of ether oxygens (including phenoxy) is 3. The van der Waals surface area contributed by atoms with E-state index in [9.17, 15) is 4.79 Å². The fraction of sp³-hybridized carbons (Fsp3) is 0.350. The van der Waals surface area contributed by atoms with E-state index in [2.05, 4.69) is 13.0 Å². The molecule has 0 fully saturated rings. The highest BCUT2D eigenvalue weighted by Crippen LogP contribution is 2.40. The lowest BCUT2D eigenvalue weighted by molar-refractivity contribution is 0.0983. The summed E-state index contributed by atoms with van der Waals surface area (Å²) in [6.07, 6.45) is 0.917. The smallest absolute Gasteiger partial charge is 0.262 e. The maximum atomic E-state index is 13.4. The first kappa shape index (κ1) is 18.5. The van der Waals surface area contributed by atoms with Gasteiger partial charge in [0.15, 0.2) is 11.5 Å². The van der Waals surface area contributed by atoms with Gasteiger partial charge in [0.1, 0.15) is 5.75 Å². The van der Waals surface area contributed by atoms with E-state index >= 15 is 0 Å². The minimum Gasteiger partial charge on any atom is -0.496 e. The predicted molar refractivity (Wildman–Crippen MR) is 104 cm³/mol. The van der Waals surface area contributed by atoms with Crippen LogP contribution in [0.1, 0.15) is 23.7 Å². The first-order valence-electron chi connectivity index (χ1n) is 8.46. The molecule has 1 amide bonds. The van der Waals surface area contributed by atoms with Crippen LogP contribution in [0, 0.1) is 0 Å². The molecule has 1 heterocycles. The van der Waals surface area contributed by atoms with Crippen LogP contribution < -0.4 is 19.1 Å². The summed E-state index contributed by atoms with van der Waals surface area (Å²) in [5.41, 5.74) is 1.39. The molecule has 1 atom stereocenters. The lowest BCUT2D eigenvalue weighted by Crippen LogP contribution is -2.32. The Morgan fingerprint density at radius 3 is 2.38 bits per heavy atom. The zero-order valence-corrected chi connectivity index (χ0v) is 16.3. The molecule has 138 valence electrons. The van der Waals surface area contributed by atoms with Crippen molar-refractivity contribution in [3.05, 3.63) is 42.0 Å². The van der Waals surface area contributed by atoms with E-state index in [1.54, 1.807) is 45.2 Å².